The van der Waals surface area contributed by atoms with Crippen molar-refractivity contribution in [2.45, 2.75) is 168 Å². The van der Waals surface area contributed by atoms with Crippen LogP contribution >= 0.6 is 0 Å². The van der Waals surface area contributed by atoms with Gasteiger partial charge in [0.2, 0.25) is 0 Å². The summed E-state index contributed by atoms with van der Waals surface area (Å²) in [5, 5.41) is 86.3. The quantitative estimate of drug-likeness (QED) is 0.00693. The van der Waals surface area contributed by atoms with Gasteiger partial charge in [0.25, 0.3) is 0 Å². The third-order valence-corrected chi connectivity index (χ3v) is 16.0. The normalized spacial score (nSPS) is 28.9. The molecule has 1 amide bonds. The molecular formula is C62H90N6Na2O24. The molecule has 30 nitrogen and oxygen atoms in total. The SMILES string of the molecule is COC1[CH-]OC(OC2C(O)C(CNCCCCCCN)OC(OC)C2NCC=O)C(O)C1O.COC1[CH-]OC(OC2C(O)C(CNCCCCCCNC(=O)OCc3ccc4ccc5cccc6ccc3c4c56)OC(OC)C2NCC=O)C(O)C1O.O=C=O.O=C=O.[Na+].[Na+]. The maximum atomic E-state index is 12.5. The Morgan fingerprint density at radius 2 is 0.979 bits per heavy atom. The zero-order valence-corrected chi connectivity index (χ0v) is 58.0. The number of carbonyl (C=O) groups is 3. The van der Waals surface area contributed by atoms with Crippen molar-refractivity contribution in [2.75, 3.05) is 80.8 Å². The molecule has 94 heavy (non-hydrogen) atoms. The number of rotatable bonds is 33. The first-order valence-electron chi connectivity index (χ1n) is 30.4. The first-order chi connectivity index (χ1) is 44.6. The summed E-state index contributed by atoms with van der Waals surface area (Å²) < 4.78 is 61.4. The van der Waals surface area contributed by atoms with Crippen molar-refractivity contribution in [3.05, 3.63) is 73.4 Å². The minimum Gasteiger partial charge on any atom is -0.525 e. The van der Waals surface area contributed by atoms with Crippen molar-refractivity contribution in [1.82, 2.24) is 26.6 Å². The third-order valence-electron chi connectivity index (χ3n) is 16.0. The Morgan fingerprint density at radius 1 is 0.553 bits per heavy atom. The van der Waals surface area contributed by atoms with Crippen LogP contribution in [-0.4, -0.2) is 253 Å². The predicted octanol–water partition coefficient (Wildman–Crippen LogP) is -7.04. The Kier molecular flexibility index (Phi) is 42.0. The van der Waals surface area contributed by atoms with Crippen LogP contribution in [0.5, 0.6) is 0 Å². The average Bonchev–Trinajstić information content (AvgIpc) is 0.748. The molecule has 0 spiro atoms. The van der Waals surface area contributed by atoms with Crippen molar-refractivity contribution >= 4 is 63.3 Å². The fourth-order valence-corrected chi connectivity index (χ4v) is 11.2. The largest absolute Gasteiger partial charge is 1.00 e. The van der Waals surface area contributed by atoms with E-state index in [4.69, 9.17) is 77.0 Å². The van der Waals surface area contributed by atoms with E-state index in [9.17, 15) is 45.0 Å². The minimum atomic E-state index is -1.46. The second-order valence-electron chi connectivity index (χ2n) is 21.9. The third kappa shape index (κ3) is 24.7. The van der Waals surface area contributed by atoms with Crippen LogP contribution < -0.4 is 91.4 Å². The van der Waals surface area contributed by atoms with E-state index in [1.807, 2.05) is 6.07 Å². The predicted molar refractivity (Wildman–Crippen MR) is 323 cm³/mol. The summed E-state index contributed by atoms with van der Waals surface area (Å²) in [5.74, 6) is 0. The second-order valence-corrected chi connectivity index (χ2v) is 21.9. The zero-order chi connectivity index (χ0) is 67.0. The van der Waals surface area contributed by atoms with E-state index in [1.54, 1.807) is 0 Å². The van der Waals surface area contributed by atoms with Gasteiger partial charge in [0.05, 0.1) is 37.4 Å². The second kappa shape index (κ2) is 46.7. The number of methoxy groups -OCH3 is 4. The molecule has 4 saturated heterocycles. The van der Waals surface area contributed by atoms with Crippen molar-refractivity contribution in [2.24, 2.45) is 5.73 Å². The molecule has 0 radical (unpaired) electrons. The van der Waals surface area contributed by atoms with E-state index in [0.717, 1.165) is 68.9 Å². The number of aliphatic hydroxyl groups is 6. The van der Waals surface area contributed by atoms with Gasteiger partial charge in [-0.25, -0.2) is 4.79 Å². The summed E-state index contributed by atoms with van der Waals surface area (Å²) >= 11 is 0. The van der Waals surface area contributed by atoms with Crippen LogP contribution in [0, 0.1) is 13.2 Å². The van der Waals surface area contributed by atoms with Crippen molar-refractivity contribution < 1.29 is 175 Å². The maximum absolute atomic E-state index is 12.5. The monoisotopic (exact) mass is 1350 g/mol. The summed E-state index contributed by atoms with van der Waals surface area (Å²) in [6.07, 6.45) is -8.27. The number of aldehydes is 2. The van der Waals surface area contributed by atoms with Crippen LogP contribution in [0.15, 0.2) is 54.6 Å². The molecular weight excluding hydrogens is 1260 g/mol. The molecule has 0 aromatic heterocycles. The van der Waals surface area contributed by atoms with E-state index in [0.29, 0.717) is 38.8 Å². The first-order valence-corrected chi connectivity index (χ1v) is 30.4. The topological polar surface area (TPSA) is 429 Å². The Morgan fingerprint density at radius 3 is 1.41 bits per heavy atom. The van der Waals surface area contributed by atoms with Crippen molar-refractivity contribution in [1.29, 1.82) is 0 Å². The van der Waals surface area contributed by atoms with E-state index >= 15 is 0 Å². The molecule has 0 saturated carbocycles. The smallest absolute Gasteiger partial charge is 0.525 e. The maximum Gasteiger partial charge on any atom is 1.00 e. The standard InChI is InChI=1S/C39H50N3O11.C21H40N3O9.2CO2.2Na/c1-48-29-22-50-38(35(46)33(29)44)53-36-32(41-18-19-43)37(49-2)52-28(34(36)45)20-40-16-5-3-4-6-17-42-39(47)51-21-26-13-12-25-11-10-23-8-7-9-24-14-15-27(26)31(25)30(23)24;1-29-14-12-31-21(18(28)16(14)26)33-19-15(24-9-10-25)20(30-2)32-13(17(19)27)11-23-8-6-4-3-5-7-22;2*2-1-3;;/h7-15,19,22,28-29,32-38,40-41,44-46H,3-6,16-18,20-21H2,1-2H3,(H,42,47);10,12-21,23-24,26-28H,3-9,11,22H2,1-2H3;;;;/q2*-1;;;2*+1. The van der Waals surface area contributed by atoms with Crippen molar-refractivity contribution in [3.63, 3.8) is 0 Å². The molecule has 13 N–H and O–H groups in total. The number of ether oxygens (including phenoxy) is 11. The van der Waals surface area contributed by atoms with Gasteiger partial charge in [-0.15, -0.1) is 0 Å². The summed E-state index contributed by atoms with van der Waals surface area (Å²) in [5.41, 5.74) is 6.47. The summed E-state index contributed by atoms with van der Waals surface area (Å²) in [6, 6.07) is 17.4. The number of nitrogens with two attached hydrogens (primary N) is 1. The number of hydrogen-bond donors (Lipinski definition) is 12. The number of aliphatic hydroxyl groups excluding tert-OH is 6. The number of amides is 1. The molecule has 0 bridgehead atoms. The molecule has 0 aliphatic carbocycles. The van der Waals surface area contributed by atoms with Crippen LogP contribution in [0.25, 0.3) is 32.3 Å². The Hall–Kier alpha value is -3.55. The van der Waals surface area contributed by atoms with Crippen LogP contribution in [-0.2, 0) is 87.5 Å². The van der Waals surface area contributed by atoms with Gasteiger partial charge in [-0.05, 0) is 95.4 Å². The van der Waals surface area contributed by atoms with E-state index in [-0.39, 0.29) is 97.7 Å². The molecule has 4 aliphatic rings. The van der Waals surface area contributed by atoms with Gasteiger partial charge in [0, 0.05) is 48.1 Å². The molecule has 4 aliphatic heterocycles. The van der Waals surface area contributed by atoms with Crippen LogP contribution in [0.2, 0.25) is 0 Å². The number of carbonyl (C=O) groups excluding carboxylic acids is 7. The van der Waals surface area contributed by atoms with Crippen LogP contribution in [0.4, 0.5) is 4.79 Å². The fraction of sp³-hybridized carbons (Fsp3) is 0.629. The molecule has 8 rings (SSSR count). The zero-order valence-electron chi connectivity index (χ0n) is 54.0. The molecule has 4 fully saturated rings. The number of nitrogens with one attached hydrogen (secondary N) is 5. The van der Waals surface area contributed by atoms with Gasteiger partial charge >= 0.3 is 77.5 Å². The molecule has 18 unspecified atom stereocenters. The van der Waals surface area contributed by atoms with Gasteiger partial charge in [-0.3, -0.25) is 0 Å². The Balaban J connectivity index is 0.000000484. The summed E-state index contributed by atoms with van der Waals surface area (Å²) in [6.45, 7) is 5.77. The van der Waals surface area contributed by atoms with Gasteiger partial charge in [0.15, 0.2) is 25.2 Å². The Labute approximate surface area is 589 Å². The number of benzene rings is 4. The van der Waals surface area contributed by atoms with Gasteiger partial charge in [0.1, 0.15) is 68.0 Å². The number of unbranched alkanes of at least 4 members (excludes halogenated alkanes) is 6. The van der Waals surface area contributed by atoms with Gasteiger partial charge in [-0.2, -0.15) is 32.4 Å². The molecule has 18 atom stereocenters. The van der Waals surface area contributed by atoms with E-state index in [1.165, 1.54) is 68.6 Å². The molecule has 4 heterocycles. The summed E-state index contributed by atoms with van der Waals surface area (Å²) in [4.78, 5) is 67.1. The van der Waals surface area contributed by atoms with E-state index < -0.39 is 117 Å². The van der Waals surface area contributed by atoms with Gasteiger partial charge < -0.3 is 125 Å². The van der Waals surface area contributed by atoms with Crippen molar-refractivity contribution in [3.8, 4) is 0 Å². The summed E-state index contributed by atoms with van der Waals surface area (Å²) in [7, 11) is 5.64. The number of alkyl carbamates (subject to hydrolysis) is 1. The Bertz CT molecular complexity index is 2810. The molecule has 514 valence electrons. The van der Waals surface area contributed by atoms with Crippen LogP contribution in [0.3, 0.4) is 0 Å². The van der Waals surface area contributed by atoms with Crippen LogP contribution in [0.1, 0.15) is 56.9 Å². The molecule has 4 aromatic carbocycles. The average molecular weight is 1350 g/mol. The minimum absolute atomic E-state index is 0. The molecule has 32 heteroatoms. The van der Waals surface area contributed by atoms with E-state index in [2.05, 4.69) is 75.1 Å². The van der Waals surface area contributed by atoms with Gasteiger partial charge in [-0.1, -0.05) is 80.3 Å². The molecule has 4 aromatic rings. The fourth-order valence-electron chi connectivity index (χ4n) is 11.2. The number of hydrogen-bond acceptors (Lipinski definition) is 29. The first kappa shape index (κ1) is 84.7.